The van der Waals surface area contributed by atoms with Gasteiger partial charge >= 0.3 is 0 Å². The average Bonchev–Trinajstić information content (AvgIpc) is 2.63. The first-order valence-corrected chi connectivity index (χ1v) is 8.95. The highest BCUT2D eigenvalue weighted by atomic mass is 79.9. The summed E-state index contributed by atoms with van der Waals surface area (Å²) >= 11 is 3.35. The first-order valence-electron chi connectivity index (χ1n) is 8.16. The van der Waals surface area contributed by atoms with Crippen LogP contribution < -0.4 is 10.3 Å². The van der Waals surface area contributed by atoms with Gasteiger partial charge in [0.25, 0.3) is 5.91 Å². The Balaban J connectivity index is 1.64. The lowest BCUT2D eigenvalue weighted by atomic mass is 10.1. The fourth-order valence-electron chi connectivity index (χ4n) is 2.68. The Morgan fingerprint density at radius 3 is 2.76 bits per heavy atom. The zero-order valence-corrected chi connectivity index (χ0v) is 15.6. The minimum atomic E-state index is -0.236. The maximum Gasteiger partial charge on any atom is 0.271 e. The second kappa shape index (κ2) is 8.27. The number of nitrogens with zero attached hydrogens (tertiary/aromatic N) is 2. The molecule has 25 heavy (non-hydrogen) atoms. The van der Waals surface area contributed by atoms with Crippen molar-refractivity contribution in [2.75, 3.05) is 31.2 Å². The molecule has 0 aliphatic carbocycles. The van der Waals surface area contributed by atoms with Gasteiger partial charge in [0, 0.05) is 28.8 Å². The Morgan fingerprint density at radius 2 is 2.04 bits per heavy atom. The highest BCUT2D eigenvalue weighted by molar-refractivity contribution is 9.10. The van der Waals surface area contributed by atoms with E-state index in [9.17, 15) is 4.79 Å². The summed E-state index contributed by atoms with van der Waals surface area (Å²) in [6.45, 7) is 5.40. The molecule has 0 spiro atoms. The van der Waals surface area contributed by atoms with Gasteiger partial charge < -0.3 is 9.64 Å². The number of ether oxygens (including phenoxy) is 1. The van der Waals surface area contributed by atoms with Gasteiger partial charge in [-0.2, -0.15) is 5.10 Å². The summed E-state index contributed by atoms with van der Waals surface area (Å²) in [6.07, 6.45) is 1.67. The van der Waals surface area contributed by atoms with Crippen molar-refractivity contribution in [1.29, 1.82) is 0 Å². The van der Waals surface area contributed by atoms with Crippen LogP contribution in [0.4, 0.5) is 5.69 Å². The van der Waals surface area contributed by atoms with E-state index in [-0.39, 0.29) is 5.91 Å². The number of halogens is 1. The van der Waals surface area contributed by atoms with Gasteiger partial charge in [-0.15, -0.1) is 0 Å². The molecule has 1 saturated heterocycles. The van der Waals surface area contributed by atoms with E-state index >= 15 is 0 Å². The molecule has 1 aliphatic heterocycles. The molecule has 1 aliphatic rings. The highest BCUT2D eigenvalue weighted by Gasteiger charge is 2.11. The standard InChI is InChI=1S/C19H20BrN3O2/c1-14-11-18(23-7-9-25-10-8-23)6-5-16(14)13-21-22-19(24)15-3-2-4-17(20)12-15/h2-6,11-13H,7-10H2,1H3,(H,22,24)/b21-13-. The molecular formula is C19H20BrN3O2. The summed E-state index contributed by atoms with van der Waals surface area (Å²) < 4.78 is 6.25. The average molecular weight is 402 g/mol. The number of nitrogens with one attached hydrogen (secondary N) is 1. The van der Waals surface area contributed by atoms with Crippen LogP contribution in [0.15, 0.2) is 52.0 Å². The quantitative estimate of drug-likeness (QED) is 0.631. The van der Waals surface area contributed by atoms with Crippen LogP contribution in [0.3, 0.4) is 0 Å². The van der Waals surface area contributed by atoms with Gasteiger partial charge in [-0.3, -0.25) is 4.79 Å². The lowest BCUT2D eigenvalue weighted by Gasteiger charge is -2.29. The van der Waals surface area contributed by atoms with Gasteiger partial charge in [-0.05, 0) is 48.4 Å². The Bertz CT molecular complexity index is 786. The van der Waals surface area contributed by atoms with Gasteiger partial charge in [0.05, 0.1) is 19.4 Å². The molecular weight excluding hydrogens is 382 g/mol. The van der Waals surface area contributed by atoms with Gasteiger partial charge in [0.1, 0.15) is 0 Å². The molecule has 1 heterocycles. The summed E-state index contributed by atoms with van der Waals surface area (Å²) in [6, 6.07) is 13.4. The molecule has 1 fully saturated rings. The molecule has 0 radical (unpaired) electrons. The summed E-state index contributed by atoms with van der Waals surface area (Å²) in [4.78, 5) is 14.4. The Hall–Kier alpha value is -2.18. The molecule has 5 nitrogen and oxygen atoms in total. The molecule has 0 aromatic heterocycles. The Labute approximate surface area is 155 Å². The van der Waals surface area contributed by atoms with Gasteiger partial charge in [0.15, 0.2) is 0 Å². The minimum Gasteiger partial charge on any atom is -0.378 e. The number of amides is 1. The zero-order chi connectivity index (χ0) is 17.6. The minimum absolute atomic E-state index is 0.236. The molecule has 3 rings (SSSR count). The van der Waals surface area contributed by atoms with Crippen molar-refractivity contribution in [2.24, 2.45) is 5.10 Å². The van der Waals surface area contributed by atoms with E-state index in [1.54, 1.807) is 18.3 Å². The number of benzene rings is 2. The number of hydrogen-bond donors (Lipinski definition) is 1. The first-order chi connectivity index (χ1) is 12.1. The van der Waals surface area contributed by atoms with Gasteiger partial charge in [-0.1, -0.05) is 28.1 Å². The summed E-state index contributed by atoms with van der Waals surface area (Å²) in [7, 11) is 0. The second-order valence-electron chi connectivity index (χ2n) is 5.85. The molecule has 0 unspecified atom stereocenters. The fraction of sp³-hybridized carbons (Fsp3) is 0.263. The largest absolute Gasteiger partial charge is 0.378 e. The molecule has 2 aromatic carbocycles. The summed E-state index contributed by atoms with van der Waals surface area (Å²) in [5.74, 6) is -0.236. The summed E-state index contributed by atoms with van der Waals surface area (Å²) in [5, 5.41) is 4.08. The molecule has 0 bridgehead atoms. The van der Waals surface area contributed by atoms with Crippen molar-refractivity contribution in [2.45, 2.75) is 6.92 Å². The van der Waals surface area contributed by atoms with Crippen LogP contribution in [0.25, 0.3) is 0 Å². The van der Waals surface area contributed by atoms with Crippen LogP contribution in [0.1, 0.15) is 21.5 Å². The van der Waals surface area contributed by atoms with Crippen molar-refractivity contribution in [3.05, 3.63) is 63.6 Å². The van der Waals surface area contributed by atoms with Crippen LogP contribution in [-0.2, 0) is 4.74 Å². The molecule has 0 saturated carbocycles. The first kappa shape index (κ1) is 17.6. The molecule has 130 valence electrons. The third kappa shape index (κ3) is 4.67. The number of hydrazone groups is 1. The monoisotopic (exact) mass is 401 g/mol. The smallest absolute Gasteiger partial charge is 0.271 e. The predicted molar refractivity (Wildman–Crippen MR) is 103 cm³/mol. The topological polar surface area (TPSA) is 53.9 Å². The normalized spacial score (nSPS) is 14.7. The van der Waals surface area contributed by atoms with E-state index in [1.165, 1.54) is 5.69 Å². The Kier molecular flexibility index (Phi) is 5.83. The lowest BCUT2D eigenvalue weighted by molar-refractivity contribution is 0.0955. The van der Waals surface area contributed by atoms with E-state index in [0.717, 1.165) is 41.9 Å². The van der Waals surface area contributed by atoms with Gasteiger partial charge in [-0.25, -0.2) is 5.43 Å². The van der Waals surface area contributed by atoms with Crippen LogP contribution in [0, 0.1) is 6.92 Å². The van der Waals surface area contributed by atoms with Crippen molar-refractivity contribution in [1.82, 2.24) is 5.43 Å². The van der Waals surface area contributed by atoms with Crippen molar-refractivity contribution in [3.63, 3.8) is 0 Å². The molecule has 6 heteroatoms. The number of morpholine rings is 1. The van der Waals surface area contributed by atoms with E-state index in [4.69, 9.17) is 4.74 Å². The zero-order valence-electron chi connectivity index (χ0n) is 14.0. The number of carbonyl (C=O) groups excluding carboxylic acids is 1. The molecule has 1 N–H and O–H groups in total. The number of aryl methyl sites for hydroxylation is 1. The lowest BCUT2D eigenvalue weighted by Crippen LogP contribution is -2.36. The molecule has 1 amide bonds. The maximum atomic E-state index is 12.1. The van der Waals surface area contributed by atoms with Crippen LogP contribution in [0.2, 0.25) is 0 Å². The molecule has 2 aromatic rings. The Morgan fingerprint density at radius 1 is 1.24 bits per heavy atom. The van der Waals surface area contributed by atoms with Crippen molar-refractivity contribution >= 4 is 33.7 Å². The highest BCUT2D eigenvalue weighted by Crippen LogP contribution is 2.19. The second-order valence-corrected chi connectivity index (χ2v) is 6.77. The number of carbonyl (C=O) groups is 1. The van der Waals surface area contributed by atoms with E-state index < -0.39 is 0 Å². The van der Waals surface area contributed by atoms with E-state index in [0.29, 0.717) is 5.56 Å². The maximum absolute atomic E-state index is 12.1. The SMILES string of the molecule is Cc1cc(N2CCOCC2)ccc1/C=N\NC(=O)c1cccc(Br)c1. The number of anilines is 1. The van der Waals surface area contributed by atoms with Crippen molar-refractivity contribution in [3.8, 4) is 0 Å². The summed E-state index contributed by atoms with van der Waals surface area (Å²) in [5.41, 5.74) is 6.41. The van der Waals surface area contributed by atoms with Crippen LogP contribution in [-0.4, -0.2) is 38.4 Å². The fourth-order valence-corrected chi connectivity index (χ4v) is 3.08. The van der Waals surface area contributed by atoms with Crippen LogP contribution in [0.5, 0.6) is 0 Å². The van der Waals surface area contributed by atoms with E-state index in [2.05, 4.69) is 43.5 Å². The van der Waals surface area contributed by atoms with Crippen molar-refractivity contribution < 1.29 is 9.53 Å². The number of rotatable bonds is 4. The van der Waals surface area contributed by atoms with Gasteiger partial charge in [0.2, 0.25) is 0 Å². The molecule has 0 atom stereocenters. The predicted octanol–water partition coefficient (Wildman–Crippen LogP) is 3.36. The number of hydrogen-bond acceptors (Lipinski definition) is 4. The van der Waals surface area contributed by atoms with Crippen LogP contribution >= 0.6 is 15.9 Å². The third-order valence-electron chi connectivity index (χ3n) is 4.09. The third-order valence-corrected chi connectivity index (χ3v) is 4.58. The van der Waals surface area contributed by atoms with E-state index in [1.807, 2.05) is 25.1 Å².